The van der Waals surface area contributed by atoms with E-state index in [1.165, 1.54) is 5.56 Å². The number of ether oxygens (including phenoxy) is 2. The zero-order valence-corrected chi connectivity index (χ0v) is 19.3. The standard InChI is InChI=1S/C27H32N4O2/c1-32-24-15-14-23(25(17-24)33-2)20-31(26(28)16-13-21-9-5-3-6-10-21)27(29)19-30-18-22-11-7-4-8-12-22/h3-12,14-15,17,28-30H,13,16,18-20H2,1-2H3. The molecule has 0 aromatic heterocycles. The summed E-state index contributed by atoms with van der Waals surface area (Å²) in [6.45, 7) is 1.41. The molecular formula is C27H32N4O2. The van der Waals surface area contributed by atoms with Crippen LogP contribution in [0.4, 0.5) is 0 Å². The number of benzene rings is 3. The molecule has 0 atom stereocenters. The monoisotopic (exact) mass is 444 g/mol. The fourth-order valence-electron chi connectivity index (χ4n) is 3.57. The predicted molar refractivity (Wildman–Crippen MR) is 133 cm³/mol. The van der Waals surface area contributed by atoms with Crippen molar-refractivity contribution in [3.05, 3.63) is 95.6 Å². The van der Waals surface area contributed by atoms with E-state index in [0.717, 1.165) is 17.5 Å². The molecule has 3 aromatic carbocycles. The maximum atomic E-state index is 8.77. The maximum absolute atomic E-state index is 8.77. The number of nitrogens with zero attached hydrogens (tertiary/aromatic N) is 1. The summed E-state index contributed by atoms with van der Waals surface area (Å²) in [5.74, 6) is 2.14. The van der Waals surface area contributed by atoms with Gasteiger partial charge in [-0.25, -0.2) is 0 Å². The molecule has 0 radical (unpaired) electrons. The molecule has 0 saturated heterocycles. The molecule has 3 aromatic rings. The Morgan fingerprint density at radius 3 is 2.12 bits per heavy atom. The van der Waals surface area contributed by atoms with Gasteiger partial charge in [-0.1, -0.05) is 60.7 Å². The largest absolute Gasteiger partial charge is 0.497 e. The molecule has 172 valence electrons. The highest BCUT2D eigenvalue weighted by Crippen LogP contribution is 2.26. The van der Waals surface area contributed by atoms with Gasteiger partial charge in [0.25, 0.3) is 0 Å². The lowest BCUT2D eigenvalue weighted by molar-refractivity contribution is 0.387. The second-order valence-electron chi connectivity index (χ2n) is 7.73. The number of nitrogens with one attached hydrogen (secondary N) is 3. The lowest BCUT2D eigenvalue weighted by atomic mass is 10.1. The van der Waals surface area contributed by atoms with Crippen LogP contribution in [0.25, 0.3) is 0 Å². The average molecular weight is 445 g/mol. The first kappa shape index (κ1) is 24.0. The molecule has 0 heterocycles. The minimum absolute atomic E-state index is 0.349. The lowest BCUT2D eigenvalue weighted by Gasteiger charge is -2.27. The van der Waals surface area contributed by atoms with E-state index in [2.05, 4.69) is 29.6 Å². The molecule has 6 nitrogen and oxygen atoms in total. The van der Waals surface area contributed by atoms with Crippen LogP contribution in [0.3, 0.4) is 0 Å². The zero-order chi connectivity index (χ0) is 23.5. The normalized spacial score (nSPS) is 10.5. The summed E-state index contributed by atoms with van der Waals surface area (Å²) in [7, 11) is 3.24. The molecule has 0 saturated carbocycles. The third-order valence-corrected chi connectivity index (χ3v) is 5.43. The number of aryl methyl sites for hydroxylation is 1. The second kappa shape index (κ2) is 12.4. The molecule has 0 spiro atoms. The van der Waals surface area contributed by atoms with Gasteiger partial charge in [-0.15, -0.1) is 0 Å². The highest BCUT2D eigenvalue weighted by atomic mass is 16.5. The quantitative estimate of drug-likeness (QED) is 0.291. The Morgan fingerprint density at radius 2 is 1.48 bits per heavy atom. The Bertz CT molecular complexity index is 1040. The van der Waals surface area contributed by atoms with Crippen LogP contribution in [0.5, 0.6) is 11.5 Å². The summed E-state index contributed by atoms with van der Waals surface area (Å²) < 4.78 is 10.9. The molecule has 6 heteroatoms. The van der Waals surface area contributed by atoms with Crippen LogP contribution in [0.2, 0.25) is 0 Å². The van der Waals surface area contributed by atoms with Gasteiger partial charge in [0.1, 0.15) is 23.2 Å². The van der Waals surface area contributed by atoms with Crippen LogP contribution < -0.4 is 14.8 Å². The molecule has 0 fully saturated rings. The van der Waals surface area contributed by atoms with Crippen LogP contribution in [0, 0.1) is 10.8 Å². The fourth-order valence-corrected chi connectivity index (χ4v) is 3.57. The highest BCUT2D eigenvalue weighted by molar-refractivity contribution is 5.99. The Kier molecular flexibility index (Phi) is 9.03. The smallest absolute Gasteiger partial charge is 0.127 e. The molecule has 33 heavy (non-hydrogen) atoms. The second-order valence-corrected chi connectivity index (χ2v) is 7.73. The molecule has 3 N–H and O–H groups in total. The molecule has 0 bridgehead atoms. The molecular weight excluding hydrogens is 412 g/mol. The third kappa shape index (κ3) is 7.19. The van der Waals surface area contributed by atoms with Crippen LogP contribution in [0.15, 0.2) is 78.9 Å². The zero-order valence-electron chi connectivity index (χ0n) is 19.3. The Morgan fingerprint density at radius 1 is 0.818 bits per heavy atom. The summed E-state index contributed by atoms with van der Waals surface area (Å²) in [5.41, 5.74) is 3.24. The van der Waals surface area contributed by atoms with Crippen molar-refractivity contribution in [2.24, 2.45) is 0 Å². The molecule has 0 aliphatic rings. The van der Waals surface area contributed by atoms with Crippen LogP contribution in [0.1, 0.15) is 23.1 Å². The minimum atomic E-state index is 0.349. The number of methoxy groups -OCH3 is 2. The Hall–Kier alpha value is -3.64. The summed E-state index contributed by atoms with van der Waals surface area (Å²) in [6, 6.07) is 25.9. The summed E-state index contributed by atoms with van der Waals surface area (Å²) in [5, 5.41) is 20.8. The number of rotatable bonds is 11. The molecule has 0 unspecified atom stereocenters. The van der Waals surface area contributed by atoms with Crippen LogP contribution in [-0.2, 0) is 19.5 Å². The van der Waals surface area contributed by atoms with Gasteiger partial charge < -0.3 is 19.7 Å². The molecule has 0 aliphatic carbocycles. The van der Waals surface area contributed by atoms with Crippen molar-refractivity contribution < 1.29 is 9.47 Å². The van der Waals surface area contributed by atoms with Gasteiger partial charge >= 0.3 is 0 Å². The van der Waals surface area contributed by atoms with E-state index >= 15 is 0 Å². The van der Waals surface area contributed by atoms with Gasteiger partial charge in [0, 0.05) is 24.6 Å². The Labute approximate surface area is 196 Å². The predicted octanol–water partition coefficient (Wildman–Crippen LogP) is 4.88. The van der Waals surface area contributed by atoms with E-state index in [0.29, 0.717) is 49.2 Å². The van der Waals surface area contributed by atoms with Crippen molar-refractivity contribution in [2.45, 2.75) is 25.9 Å². The van der Waals surface area contributed by atoms with Crippen molar-refractivity contribution in [3.63, 3.8) is 0 Å². The lowest BCUT2D eigenvalue weighted by Crippen LogP contribution is -2.41. The van der Waals surface area contributed by atoms with Crippen molar-refractivity contribution in [1.82, 2.24) is 10.2 Å². The first-order valence-electron chi connectivity index (χ1n) is 11.0. The van der Waals surface area contributed by atoms with E-state index in [1.54, 1.807) is 19.1 Å². The van der Waals surface area contributed by atoms with Gasteiger partial charge in [-0.3, -0.25) is 10.8 Å². The van der Waals surface area contributed by atoms with Gasteiger partial charge in [-0.2, -0.15) is 0 Å². The van der Waals surface area contributed by atoms with Crippen molar-refractivity contribution >= 4 is 11.7 Å². The average Bonchev–Trinajstić information content (AvgIpc) is 2.87. The van der Waals surface area contributed by atoms with E-state index in [-0.39, 0.29) is 0 Å². The fraction of sp³-hybridized carbons (Fsp3) is 0.259. The van der Waals surface area contributed by atoms with Crippen molar-refractivity contribution in [3.8, 4) is 11.5 Å². The third-order valence-electron chi connectivity index (χ3n) is 5.43. The van der Waals surface area contributed by atoms with E-state index in [9.17, 15) is 0 Å². The topological polar surface area (TPSA) is 81.4 Å². The van der Waals surface area contributed by atoms with Gasteiger partial charge in [0.15, 0.2) is 0 Å². The van der Waals surface area contributed by atoms with Gasteiger partial charge in [0.05, 0.1) is 27.3 Å². The first-order chi connectivity index (χ1) is 16.1. The molecule has 0 amide bonds. The van der Waals surface area contributed by atoms with Crippen LogP contribution >= 0.6 is 0 Å². The SMILES string of the molecule is COc1ccc(CN(C(=N)CCc2ccccc2)C(=N)CNCc2ccccc2)c(OC)c1. The number of hydrogen-bond acceptors (Lipinski definition) is 5. The highest BCUT2D eigenvalue weighted by Gasteiger charge is 2.18. The summed E-state index contributed by atoms with van der Waals surface area (Å²) in [6.07, 6.45) is 1.30. The van der Waals surface area contributed by atoms with Crippen molar-refractivity contribution in [1.29, 1.82) is 10.8 Å². The first-order valence-corrected chi connectivity index (χ1v) is 11.0. The van der Waals surface area contributed by atoms with Crippen LogP contribution in [-0.4, -0.2) is 37.3 Å². The van der Waals surface area contributed by atoms with Gasteiger partial charge in [0.2, 0.25) is 0 Å². The molecule has 3 rings (SSSR count). The van der Waals surface area contributed by atoms with Crippen molar-refractivity contribution in [2.75, 3.05) is 20.8 Å². The number of hydrogen-bond donors (Lipinski definition) is 3. The van der Waals surface area contributed by atoms with E-state index in [1.807, 2.05) is 54.6 Å². The minimum Gasteiger partial charge on any atom is -0.497 e. The number of amidine groups is 2. The van der Waals surface area contributed by atoms with E-state index in [4.69, 9.17) is 20.3 Å². The molecule has 0 aliphatic heterocycles. The Balaban J connectivity index is 1.71. The van der Waals surface area contributed by atoms with Gasteiger partial charge in [-0.05, 0) is 29.7 Å². The summed E-state index contributed by atoms with van der Waals surface area (Å²) in [4.78, 5) is 1.76. The van der Waals surface area contributed by atoms with E-state index < -0.39 is 0 Å². The summed E-state index contributed by atoms with van der Waals surface area (Å²) >= 11 is 0. The maximum Gasteiger partial charge on any atom is 0.127 e.